The Labute approximate surface area is 207 Å². The summed E-state index contributed by atoms with van der Waals surface area (Å²) >= 11 is 0. The Hall–Kier alpha value is -3.44. The second kappa shape index (κ2) is 9.67. The van der Waals surface area contributed by atoms with Crippen LogP contribution < -0.4 is 10.6 Å². The van der Waals surface area contributed by atoms with Crippen LogP contribution in [-0.2, 0) is 27.0 Å². The number of amides is 1. The summed E-state index contributed by atoms with van der Waals surface area (Å²) in [5.74, 6) is -0.618. The molecule has 3 aromatic rings. The standard InChI is InChI=1S/C30H34N2O3/c1-29(2)16-17-30(3,4)26-18-24(14-15-25(26)29)32(27(33)19-31)23-12-10-22(11-13-23)28(34)35-20-21-8-6-5-7-9-21/h5-15,18H,16-17,19-20,31H2,1-4H3. The van der Waals surface area contributed by atoms with Crippen molar-refractivity contribution in [2.45, 2.75) is 58.0 Å². The third-order valence-corrected chi connectivity index (χ3v) is 7.09. The molecule has 3 aromatic carbocycles. The van der Waals surface area contributed by atoms with Crippen molar-refractivity contribution in [2.75, 3.05) is 11.4 Å². The summed E-state index contributed by atoms with van der Waals surface area (Å²) in [5, 5.41) is 0. The van der Waals surface area contributed by atoms with Crippen LogP contribution in [0.3, 0.4) is 0 Å². The van der Waals surface area contributed by atoms with E-state index in [0.717, 1.165) is 24.1 Å². The lowest BCUT2D eigenvalue weighted by Gasteiger charge is -2.42. The molecular weight excluding hydrogens is 436 g/mol. The molecule has 0 fully saturated rings. The lowest BCUT2D eigenvalue weighted by atomic mass is 9.63. The van der Waals surface area contributed by atoms with Gasteiger partial charge in [0.2, 0.25) is 5.91 Å². The van der Waals surface area contributed by atoms with Gasteiger partial charge in [0.25, 0.3) is 0 Å². The average Bonchev–Trinajstić information content (AvgIpc) is 2.86. The molecule has 0 atom stereocenters. The van der Waals surface area contributed by atoms with E-state index >= 15 is 0 Å². The van der Waals surface area contributed by atoms with Crippen LogP contribution in [0.2, 0.25) is 0 Å². The molecule has 2 N–H and O–H groups in total. The highest BCUT2D eigenvalue weighted by Crippen LogP contribution is 2.47. The van der Waals surface area contributed by atoms with Gasteiger partial charge in [-0.3, -0.25) is 9.69 Å². The van der Waals surface area contributed by atoms with Crippen LogP contribution in [0, 0.1) is 0 Å². The van der Waals surface area contributed by atoms with E-state index in [0.29, 0.717) is 11.3 Å². The fourth-order valence-corrected chi connectivity index (χ4v) is 4.80. The Bertz CT molecular complexity index is 1210. The smallest absolute Gasteiger partial charge is 0.338 e. The minimum atomic E-state index is -0.408. The maximum absolute atomic E-state index is 13.0. The van der Waals surface area contributed by atoms with Gasteiger partial charge in [0, 0.05) is 11.4 Å². The molecule has 1 aliphatic carbocycles. The van der Waals surface area contributed by atoms with E-state index in [1.54, 1.807) is 29.2 Å². The minimum Gasteiger partial charge on any atom is -0.457 e. The molecule has 4 rings (SSSR count). The van der Waals surface area contributed by atoms with Crippen LogP contribution in [0.4, 0.5) is 11.4 Å². The number of ether oxygens (including phenoxy) is 1. The normalized spacial score (nSPS) is 15.7. The molecule has 0 heterocycles. The summed E-state index contributed by atoms with van der Waals surface area (Å²) in [6.45, 7) is 9.16. The summed E-state index contributed by atoms with van der Waals surface area (Å²) in [5.41, 5.74) is 11.3. The fraction of sp³-hybridized carbons (Fsp3) is 0.333. The second-order valence-corrected chi connectivity index (χ2v) is 10.5. The van der Waals surface area contributed by atoms with Crippen molar-refractivity contribution in [3.8, 4) is 0 Å². The quantitative estimate of drug-likeness (QED) is 0.448. The van der Waals surface area contributed by atoms with Gasteiger partial charge in [-0.1, -0.05) is 64.1 Å². The Kier molecular flexibility index (Phi) is 6.82. The highest BCUT2D eigenvalue weighted by molar-refractivity contribution is 6.02. The zero-order valence-corrected chi connectivity index (χ0v) is 21.0. The number of fused-ring (bicyclic) bond motifs is 1. The largest absolute Gasteiger partial charge is 0.457 e. The predicted octanol–water partition coefficient (Wildman–Crippen LogP) is 6.02. The van der Waals surface area contributed by atoms with E-state index in [4.69, 9.17) is 10.5 Å². The molecule has 5 nitrogen and oxygen atoms in total. The van der Waals surface area contributed by atoms with Crippen molar-refractivity contribution in [2.24, 2.45) is 5.73 Å². The zero-order valence-electron chi connectivity index (χ0n) is 21.0. The predicted molar refractivity (Wildman–Crippen MR) is 140 cm³/mol. The number of hydrogen-bond donors (Lipinski definition) is 1. The molecule has 0 aromatic heterocycles. The van der Waals surface area contributed by atoms with Gasteiger partial charge < -0.3 is 10.5 Å². The fourth-order valence-electron chi connectivity index (χ4n) is 4.80. The summed E-state index contributed by atoms with van der Waals surface area (Å²) in [6.07, 6.45) is 2.21. The lowest BCUT2D eigenvalue weighted by Crippen LogP contribution is -2.35. The number of carbonyl (C=O) groups is 2. The average molecular weight is 471 g/mol. The van der Waals surface area contributed by atoms with Crippen molar-refractivity contribution in [1.82, 2.24) is 0 Å². The van der Waals surface area contributed by atoms with E-state index in [2.05, 4.69) is 39.8 Å². The van der Waals surface area contributed by atoms with Gasteiger partial charge in [-0.2, -0.15) is 0 Å². The molecule has 0 unspecified atom stereocenters. The second-order valence-electron chi connectivity index (χ2n) is 10.5. The number of rotatable bonds is 6. The molecule has 0 radical (unpaired) electrons. The highest BCUT2D eigenvalue weighted by atomic mass is 16.5. The van der Waals surface area contributed by atoms with Gasteiger partial charge >= 0.3 is 5.97 Å². The molecule has 0 bridgehead atoms. The molecular formula is C30H34N2O3. The number of hydrogen-bond acceptors (Lipinski definition) is 4. The van der Waals surface area contributed by atoms with Gasteiger partial charge in [-0.05, 0) is 76.8 Å². The molecule has 182 valence electrons. The van der Waals surface area contributed by atoms with Gasteiger partial charge in [0.1, 0.15) is 6.61 Å². The first-order valence-electron chi connectivity index (χ1n) is 12.1. The van der Waals surface area contributed by atoms with Crippen LogP contribution in [0.5, 0.6) is 0 Å². The Balaban J connectivity index is 1.61. The third-order valence-electron chi connectivity index (χ3n) is 7.09. The molecule has 1 aliphatic rings. The number of anilines is 2. The van der Waals surface area contributed by atoms with Crippen LogP contribution in [-0.4, -0.2) is 18.4 Å². The van der Waals surface area contributed by atoms with Crippen LogP contribution in [0.25, 0.3) is 0 Å². The van der Waals surface area contributed by atoms with Crippen LogP contribution >= 0.6 is 0 Å². The van der Waals surface area contributed by atoms with Crippen molar-refractivity contribution >= 4 is 23.3 Å². The topological polar surface area (TPSA) is 72.6 Å². The van der Waals surface area contributed by atoms with E-state index in [1.807, 2.05) is 36.4 Å². The SMILES string of the molecule is CC1(C)CCC(C)(C)c2cc(N(C(=O)CN)c3ccc(C(=O)OCc4ccccc4)cc3)ccc21. The molecule has 0 spiro atoms. The van der Waals surface area contributed by atoms with E-state index < -0.39 is 5.97 Å². The van der Waals surface area contributed by atoms with E-state index in [1.165, 1.54) is 11.1 Å². The van der Waals surface area contributed by atoms with Crippen LogP contribution in [0.15, 0.2) is 72.8 Å². The monoisotopic (exact) mass is 470 g/mol. The molecule has 35 heavy (non-hydrogen) atoms. The minimum absolute atomic E-state index is 0.0185. The number of esters is 1. The maximum Gasteiger partial charge on any atom is 0.338 e. The van der Waals surface area contributed by atoms with Gasteiger partial charge in [0.15, 0.2) is 0 Å². The molecule has 5 heteroatoms. The highest BCUT2D eigenvalue weighted by Gasteiger charge is 2.37. The van der Waals surface area contributed by atoms with Gasteiger partial charge in [-0.25, -0.2) is 4.79 Å². The first-order valence-corrected chi connectivity index (χ1v) is 12.1. The van der Waals surface area contributed by atoms with Crippen molar-refractivity contribution < 1.29 is 14.3 Å². The Morgan fingerprint density at radius 1 is 0.829 bits per heavy atom. The van der Waals surface area contributed by atoms with Crippen molar-refractivity contribution in [3.05, 3.63) is 95.1 Å². The van der Waals surface area contributed by atoms with Crippen molar-refractivity contribution in [3.63, 3.8) is 0 Å². The molecule has 0 aliphatic heterocycles. The first kappa shape index (κ1) is 24.7. The number of nitrogens with two attached hydrogens (primary N) is 1. The summed E-state index contributed by atoms with van der Waals surface area (Å²) in [4.78, 5) is 27.1. The van der Waals surface area contributed by atoms with E-state index in [-0.39, 0.29) is 29.9 Å². The Morgan fingerprint density at radius 3 is 2.06 bits per heavy atom. The third kappa shape index (κ3) is 5.15. The lowest BCUT2D eigenvalue weighted by molar-refractivity contribution is -0.116. The summed E-state index contributed by atoms with van der Waals surface area (Å²) < 4.78 is 5.43. The number of carbonyl (C=O) groups excluding carboxylic acids is 2. The maximum atomic E-state index is 13.0. The first-order chi connectivity index (χ1) is 16.6. The molecule has 1 amide bonds. The van der Waals surface area contributed by atoms with Crippen molar-refractivity contribution in [1.29, 1.82) is 0 Å². The number of nitrogens with zero attached hydrogens (tertiary/aromatic N) is 1. The molecule has 0 saturated carbocycles. The molecule has 0 saturated heterocycles. The number of benzene rings is 3. The van der Waals surface area contributed by atoms with E-state index in [9.17, 15) is 9.59 Å². The summed E-state index contributed by atoms with van der Waals surface area (Å²) in [6, 6.07) is 22.7. The Morgan fingerprint density at radius 2 is 1.43 bits per heavy atom. The van der Waals surface area contributed by atoms with Gasteiger partial charge in [-0.15, -0.1) is 0 Å². The van der Waals surface area contributed by atoms with Crippen LogP contribution in [0.1, 0.15) is 67.6 Å². The zero-order chi connectivity index (χ0) is 25.2. The van der Waals surface area contributed by atoms with Gasteiger partial charge in [0.05, 0.1) is 12.1 Å². The summed E-state index contributed by atoms with van der Waals surface area (Å²) in [7, 11) is 0.